The molecule has 7 heteroatoms. The van der Waals surface area contributed by atoms with Crippen LogP contribution in [0, 0.1) is 23.5 Å². The van der Waals surface area contributed by atoms with Crippen molar-refractivity contribution >= 4 is 11.7 Å². The van der Waals surface area contributed by atoms with Gasteiger partial charge >= 0.3 is 6.03 Å². The van der Waals surface area contributed by atoms with Crippen molar-refractivity contribution in [2.24, 2.45) is 11.8 Å². The van der Waals surface area contributed by atoms with Gasteiger partial charge in [-0.1, -0.05) is 26.0 Å². The van der Waals surface area contributed by atoms with Gasteiger partial charge in [-0.25, -0.2) is 13.6 Å². The van der Waals surface area contributed by atoms with Crippen LogP contribution in [0.2, 0.25) is 0 Å². The molecule has 0 spiro atoms. The Labute approximate surface area is 195 Å². The molecule has 2 atom stereocenters. The average Bonchev–Trinajstić information content (AvgIpc) is 2.77. The molecule has 1 aliphatic heterocycles. The molecule has 3 rings (SSSR count). The van der Waals surface area contributed by atoms with Gasteiger partial charge in [-0.2, -0.15) is 0 Å². The lowest BCUT2D eigenvalue weighted by Crippen LogP contribution is -2.51. The SMILES string of the molecule is CC(C)CC(NC(=O)Nc1ccc(F)cc1)C(O)CN1CCC(Cc2ccc(F)cc2)CC1. The van der Waals surface area contributed by atoms with Crippen LogP contribution in [0.5, 0.6) is 0 Å². The van der Waals surface area contributed by atoms with E-state index >= 15 is 0 Å². The van der Waals surface area contributed by atoms with E-state index in [4.69, 9.17) is 0 Å². The van der Waals surface area contributed by atoms with Gasteiger partial charge in [0.1, 0.15) is 11.6 Å². The van der Waals surface area contributed by atoms with E-state index in [9.17, 15) is 18.7 Å². The number of carbonyl (C=O) groups is 1. The normalized spacial score (nSPS) is 17.0. The van der Waals surface area contributed by atoms with E-state index < -0.39 is 12.1 Å². The van der Waals surface area contributed by atoms with Crippen molar-refractivity contribution < 1.29 is 18.7 Å². The lowest BCUT2D eigenvalue weighted by molar-refractivity contribution is 0.0605. The summed E-state index contributed by atoms with van der Waals surface area (Å²) < 4.78 is 26.2. The highest BCUT2D eigenvalue weighted by Gasteiger charge is 2.27. The molecule has 0 aromatic heterocycles. The minimum atomic E-state index is -0.694. The highest BCUT2D eigenvalue weighted by atomic mass is 19.1. The van der Waals surface area contributed by atoms with Gasteiger partial charge < -0.3 is 20.6 Å². The number of anilines is 1. The van der Waals surface area contributed by atoms with E-state index in [-0.39, 0.29) is 17.7 Å². The molecule has 1 aliphatic rings. The van der Waals surface area contributed by atoms with Gasteiger partial charge in [-0.3, -0.25) is 0 Å². The molecule has 1 fully saturated rings. The number of nitrogens with zero attached hydrogens (tertiary/aromatic N) is 1. The number of aliphatic hydroxyl groups is 1. The van der Waals surface area contributed by atoms with Crippen LogP contribution < -0.4 is 10.6 Å². The summed E-state index contributed by atoms with van der Waals surface area (Å²) in [7, 11) is 0. The van der Waals surface area contributed by atoms with Crippen LogP contribution in [0.4, 0.5) is 19.3 Å². The van der Waals surface area contributed by atoms with E-state index in [0.29, 0.717) is 30.5 Å². The molecule has 1 saturated heterocycles. The number of amides is 2. The molecular weight excluding hydrogens is 424 g/mol. The van der Waals surface area contributed by atoms with E-state index in [1.165, 1.54) is 36.4 Å². The molecule has 2 aromatic carbocycles. The van der Waals surface area contributed by atoms with Crippen molar-refractivity contribution in [3.8, 4) is 0 Å². The Morgan fingerprint density at radius 3 is 2.18 bits per heavy atom. The highest BCUT2D eigenvalue weighted by Crippen LogP contribution is 2.23. The zero-order valence-electron chi connectivity index (χ0n) is 19.4. The number of piperidine rings is 1. The van der Waals surface area contributed by atoms with Gasteiger partial charge in [0.25, 0.3) is 0 Å². The second-order valence-electron chi connectivity index (χ2n) is 9.48. The quantitative estimate of drug-likeness (QED) is 0.504. The Morgan fingerprint density at radius 1 is 1.03 bits per heavy atom. The van der Waals surface area contributed by atoms with Crippen LogP contribution in [-0.2, 0) is 6.42 Å². The number of rotatable bonds is 9. The molecule has 33 heavy (non-hydrogen) atoms. The molecule has 2 unspecified atom stereocenters. The molecule has 2 aromatic rings. The monoisotopic (exact) mass is 459 g/mol. The number of halogens is 2. The minimum Gasteiger partial charge on any atom is -0.390 e. The first kappa shape index (κ1) is 25.1. The largest absolute Gasteiger partial charge is 0.390 e. The number of likely N-dealkylation sites (tertiary alicyclic amines) is 1. The van der Waals surface area contributed by atoms with Gasteiger partial charge in [-0.05, 0) is 92.6 Å². The molecule has 3 N–H and O–H groups in total. The second-order valence-corrected chi connectivity index (χ2v) is 9.48. The molecule has 180 valence electrons. The first-order valence-corrected chi connectivity index (χ1v) is 11.8. The predicted octanol–water partition coefficient (Wildman–Crippen LogP) is 4.82. The molecular formula is C26H35F2N3O2. The first-order chi connectivity index (χ1) is 15.8. The molecule has 0 saturated carbocycles. The number of nitrogens with one attached hydrogen (secondary N) is 2. The fourth-order valence-corrected chi connectivity index (χ4v) is 4.41. The molecule has 1 heterocycles. The number of aliphatic hydroxyl groups excluding tert-OH is 1. The standard InChI is InChI=1S/C26H35F2N3O2/c1-18(2)15-24(30-26(33)29-23-9-7-22(28)8-10-23)25(32)17-31-13-11-20(12-14-31)16-19-3-5-21(27)6-4-19/h3-10,18,20,24-25,32H,11-17H2,1-2H3,(H2,29,30,33). The number of β-amino-alcohol motifs (C(OH)–C–C–N with tert-alkyl or cyclic N) is 1. The Morgan fingerprint density at radius 2 is 1.61 bits per heavy atom. The fraction of sp³-hybridized carbons (Fsp3) is 0.500. The van der Waals surface area contributed by atoms with Gasteiger partial charge in [0.2, 0.25) is 0 Å². The average molecular weight is 460 g/mol. The van der Waals surface area contributed by atoms with E-state index in [1.807, 2.05) is 12.1 Å². The van der Waals surface area contributed by atoms with E-state index in [2.05, 4.69) is 29.4 Å². The third kappa shape index (κ3) is 8.41. The predicted molar refractivity (Wildman–Crippen MR) is 127 cm³/mol. The second kappa shape index (κ2) is 12.1. The topological polar surface area (TPSA) is 64.6 Å². The van der Waals surface area contributed by atoms with Crippen LogP contribution >= 0.6 is 0 Å². The summed E-state index contributed by atoms with van der Waals surface area (Å²) in [4.78, 5) is 14.7. The number of urea groups is 1. The summed E-state index contributed by atoms with van der Waals surface area (Å²) >= 11 is 0. The summed E-state index contributed by atoms with van der Waals surface area (Å²) in [5.74, 6) is 0.279. The summed E-state index contributed by atoms with van der Waals surface area (Å²) in [6.07, 6.45) is 2.95. The van der Waals surface area contributed by atoms with Crippen LogP contribution in [0.1, 0.15) is 38.7 Å². The zero-order chi connectivity index (χ0) is 23.8. The Kier molecular flexibility index (Phi) is 9.21. The lowest BCUT2D eigenvalue weighted by atomic mass is 9.89. The first-order valence-electron chi connectivity index (χ1n) is 11.8. The number of hydrogen-bond donors (Lipinski definition) is 3. The van der Waals surface area contributed by atoms with Crippen molar-refractivity contribution in [3.63, 3.8) is 0 Å². The summed E-state index contributed by atoms with van der Waals surface area (Å²) in [5.41, 5.74) is 1.65. The Hall–Kier alpha value is -2.51. The lowest BCUT2D eigenvalue weighted by Gasteiger charge is -2.35. The maximum Gasteiger partial charge on any atom is 0.319 e. The Balaban J connectivity index is 1.48. The smallest absolute Gasteiger partial charge is 0.319 e. The highest BCUT2D eigenvalue weighted by molar-refractivity contribution is 5.89. The molecule has 0 aliphatic carbocycles. The molecule has 2 amide bonds. The number of hydrogen-bond acceptors (Lipinski definition) is 3. The number of carbonyl (C=O) groups excluding carboxylic acids is 1. The van der Waals surface area contributed by atoms with Crippen LogP contribution in [-0.4, -0.2) is 47.8 Å². The molecule has 0 radical (unpaired) electrons. The van der Waals surface area contributed by atoms with Gasteiger partial charge in [0.15, 0.2) is 0 Å². The van der Waals surface area contributed by atoms with Gasteiger partial charge in [-0.15, -0.1) is 0 Å². The third-order valence-electron chi connectivity index (χ3n) is 6.20. The van der Waals surface area contributed by atoms with Crippen molar-refractivity contribution in [2.75, 3.05) is 25.0 Å². The van der Waals surface area contributed by atoms with E-state index in [0.717, 1.165) is 37.9 Å². The zero-order valence-corrected chi connectivity index (χ0v) is 19.4. The summed E-state index contributed by atoms with van der Waals surface area (Å²) in [6, 6.07) is 11.5. The van der Waals surface area contributed by atoms with E-state index in [1.54, 1.807) is 0 Å². The number of benzene rings is 2. The van der Waals surface area contributed by atoms with Crippen molar-refractivity contribution in [1.29, 1.82) is 0 Å². The fourth-order valence-electron chi connectivity index (χ4n) is 4.41. The maximum atomic E-state index is 13.1. The van der Waals surface area contributed by atoms with Crippen LogP contribution in [0.25, 0.3) is 0 Å². The third-order valence-corrected chi connectivity index (χ3v) is 6.20. The minimum absolute atomic E-state index is 0.210. The van der Waals surface area contributed by atoms with Crippen molar-refractivity contribution in [3.05, 3.63) is 65.7 Å². The van der Waals surface area contributed by atoms with Crippen LogP contribution in [0.15, 0.2) is 48.5 Å². The van der Waals surface area contributed by atoms with Crippen molar-refractivity contribution in [1.82, 2.24) is 10.2 Å². The molecule has 0 bridgehead atoms. The Bertz CT molecular complexity index is 866. The maximum absolute atomic E-state index is 13.1. The van der Waals surface area contributed by atoms with Gasteiger partial charge in [0.05, 0.1) is 12.1 Å². The summed E-state index contributed by atoms with van der Waals surface area (Å²) in [5, 5.41) is 16.5. The van der Waals surface area contributed by atoms with Crippen molar-refractivity contribution in [2.45, 2.75) is 51.7 Å². The summed E-state index contributed by atoms with van der Waals surface area (Å²) in [6.45, 7) is 6.39. The molecule has 5 nitrogen and oxygen atoms in total. The van der Waals surface area contributed by atoms with Gasteiger partial charge in [0, 0.05) is 12.2 Å². The van der Waals surface area contributed by atoms with Crippen LogP contribution in [0.3, 0.4) is 0 Å².